The number of thioether (sulfide) groups is 1. The molecule has 2 N–H and O–H groups in total. The fraction of sp³-hybridized carbons (Fsp3) is 0.200. The van der Waals surface area contributed by atoms with Gasteiger partial charge in [-0.3, -0.25) is 9.59 Å². The first kappa shape index (κ1) is 28.8. The molecule has 0 heterocycles. The molecule has 1 atom stereocenters. The average molecular weight is 560 g/mol. The van der Waals surface area contributed by atoms with Gasteiger partial charge in [0, 0.05) is 10.6 Å². The largest absolute Gasteiger partial charge is 0.484 e. The summed E-state index contributed by atoms with van der Waals surface area (Å²) in [6.07, 6.45) is -5.64. The summed E-state index contributed by atoms with van der Waals surface area (Å²) in [4.78, 5) is 25.2. The van der Waals surface area contributed by atoms with Gasteiger partial charge in [-0.2, -0.15) is 13.2 Å². The second-order valence-electron chi connectivity index (χ2n) is 7.69. The number of alkyl halides is 3. The minimum Gasteiger partial charge on any atom is -0.484 e. The normalized spacial score (nSPS) is 12.1. The van der Waals surface area contributed by atoms with E-state index in [1.165, 1.54) is 13.0 Å². The number of nitrogens with one attached hydrogen (secondary N) is 2. The Morgan fingerprint density at radius 2 is 1.53 bits per heavy atom. The van der Waals surface area contributed by atoms with Crippen molar-refractivity contribution < 1.29 is 45.1 Å². The Bertz CT molecular complexity index is 1290. The van der Waals surface area contributed by atoms with E-state index >= 15 is 0 Å². The summed E-state index contributed by atoms with van der Waals surface area (Å²) in [6, 6.07) is 14.8. The molecule has 0 bridgehead atoms. The number of carbonyl (C=O) groups is 2. The van der Waals surface area contributed by atoms with Crippen molar-refractivity contribution in [2.75, 3.05) is 17.2 Å². The molecule has 13 heteroatoms. The number of ether oxygens (including phenoxy) is 1. The molecule has 202 valence electrons. The summed E-state index contributed by atoms with van der Waals surface area (Å²) in [7, 11) is 0. The van der Waals surface area contributed by atoms with Gasteiger partial charge in [-0.1, -0.05) is 31.2 Å². The van der Waals surface area contributed by atoms with Crippen molar-refractivity contribution in [2.24, 2.45) is 0 Å². The Kier molecular flexibility index (Phi) is 9.26. The lowest BCUT2D eigenvalue weighted by Gasteiger charge is -2.18. The van der Waals surface area contributed by atoms with Gasteiger partial charge in [0.25, 0.3) is 5.91 Å². The highest BCUT2D eigenvalue weighted by atomic mass is 32.2. The van der Waals surface area contributed by atoms with Gasteiger partial charge in [-0.25, -0.2) is 17.6 Å². The molecular weight excluding hydrogens is 541 g/mol. The number of anilines is 2. The Labute approximate surface area is 216 Å². The van der Waals surface area contributed by atoms with Crippen LogP contribution in [0.3, 0.4) is 0 Å². The fourth-order valence-corrected chi connectivity index (χ4v) is 4.20. The lowest BCUT2D eigenvalue weighted by Crippen LogP contribution is -2.27. The lowest BCUT2D eigenvalue weighted by atomic mass is 10.1. The summed E-state index contributed by atoms with van der Waals surface area (Å²) in [6.45, 7) is 1.25. The number of para-hydroxylation sites is 1. The van der Waals surface area contributed by atoms with Crippen LogP contribution in [-0.4, -0.2) is 23.7 Å². The number of halogens is 7. The van der Waals surface area contributed by atoms with Crippen molar-refractivity contribution >= 4 is 35.0 Å². The van der Waals surface area contributed by atoms with E-state index in [-0.39, 0.29) is 13.0 Å². The van der Waals surface area contributed by atoms with Crippen LogP contribution in [0.5, 0.6) is 5.75 Å². The molecule has 0 radical (unpaired) electrons. The van der Waals surface area contributed by atoms with E-state index in [1.807, 2.05) is 0 Å². The van der Waals surface area contributed by atoms with Crippen molar-refractivity contribution in [3.8, 4) is 5.75 Å². The number of carbonyl (C=O) groups excluding carboxylic acids is 2. The van der Waals surface area contributed by atoms with Crippen LogP contribution in [0.4, 0.5) is 42.1 Å². The highest BCUT2D eigenvalue weighted by Gasteiger charge is 2.42. The first-order valence-corrected chi connectivity index (χ1v) is 11.8. The third kappa shape index (κ3) is 6.97. The maximum Gasteiger partial charge on any atom is 0.422 e. The number of amides is 2. The van der Waals surface area contributed by atoms with Crippen LogP contribution in [0.15, 0.2) is 59.5 Å². The van der Waals surface area contributed by atoms with Gasteiger partial charge in [0.2, 0.25) is 5.91 Å². The first-order chi connectivity index (χ1) is 17.9. The van der Waals surface area contributed by atoms with Crippen molar-refractivity contribution in [1.29, 1.82) is 0 Å². The molecule has 0 aliphatic heterocycles. The van der Waals surface area contributed by atoms with E-state index in [4.69, 9.17) is 4.74 Å². The number of hydrogen-bond donors (Lipinski definition) is 2. The van der Waals surface area contributed by atoms with Gasteiger partial charge in [-0.05, 0) is 36.8 Å². The van der Waals surface area contributed by atoms with Crippen molar-refractivity contribution in [3.05, 3.63) is 83.4 Å². The Morgan fingerprint density at radius 3 is 2.11 bits per heavy atom. The van der Waals surface area contributed by atoms with Crippen LogP contribution < -0.4 is 15.4 Å². The number of rotatable bonds is 9. The molecule has 1 unspecified atom stereocenters. The quantitative estimate of drug-likeness (QED) is 0.172. The molecule has 0 saturated heterocycles. The SMILES string of the molecule is CCC(Sc1cccc(NC(=O)COc2ccccc2)c1)C(=O)Nc1c(F)c(F)c(C(F)(F)F)c(F)c1F. The fourth-order valence-electron chi connectivity index (χ4n) is 3.19. The zero-order valence-corrected chi connectivity index (χ0v) is 20.3. The molecule has 38 heavy (non-hydrogen) atoms. The molecule has 5 nitrogen and oxygen atoms in total. The molecule has 0 spiro atoms. The summed E-state index contributed by atoms with van der Waals surface area (Å²) in [5.41, 5.74) is -4.06. The lowest BCUT2D eigenvalue weighted by molar-refractivity contribution is -0.143. The maximum absolute atomic E-state index is 14.2. The molecule has 3 aromatic rings. The van der Waals surface area contributed by atoms with Gasteiger partial charge < -0.3 is 15.4 Å². The summed E-state index contributed by atoms with van der Waals surface area (Å²) < 4.78 is 99.8. The Hall–Kier alpha value is -3.74. The van der Waals surface area contributed by atoms with Crippen LogP contribution in [0.1, 0.15) is 18.9 Å². The standard InChI is InChI=1S/C25H19F7N2O3S/c1-2-16(24(36)34-23-21(28)19(26)18(25(30,31)32)20(27)22(23)29)38-15-10-6-7-13(11-15)33-17(35)12-37-14-8-4-3-5-9-14/h3-11,16H,2,12H2,1H3,(H,33,35)(H,34,36). The third-order valence-electron chi connectivity index (χ3n) is 4.97. The van der Waals surface area contributed by atoms with E-state index in [1.54, 1.807) is 53.8 Å². The molecular formula is C25H19F7N2O3S. The third-order valence-corrected chi connectivity index (χ3v) is 6.33. The second kappa shape index (κ2) is 12.2. The number of benzene rings is 3. The van der Waals surface area contributed by atoms with E-state index in [0.717, 1.165) is 11.8 Å². The summed E-state index contributed by atoms with van der Waals surface area (Å²) >= 11 is 0.888. The first-order valence-electron chi connectivity index (χ1n) is 10.9. The molecule has 0 fully saturated rings. The highest BCUT2D eigenvalue weighted by Crippen LogP contribution is 2.39. The smallest absolute Gasteiger partial charge is 0.422 e. The van der Waals surface area contributed by atoms with Gasteiger partial charge >= 0.3 is 6.18 Å². The monoisotopic (exact) mass is 560 g/mol. The summed E-state index contributed by atoms with van der Waals surface area (Å²) in [5.74, 6) is -11.2. The van der Waals surface area contributed by atoms with Gasteiger partial charge in [-0.15, -0.1) is 11.8 Å². The van der Waals surface area contributed by atoms with Crippen molar-refractivity contribution in [2.45, 2.75) is 29.7 Å². The second-order valence-corrected chi connectivity index (χ2v) is 8.96. The van der Waals surface area contributed by atoms with Crippen LogP contribution in [0.2, 0.25) is 0 Å². The molecule has 0 aliphatic carbocycles. The van der Waals surface area contributed by atoms with Gasteiger partial charge in [0.1, 0.15) is 17.0 Å². The topological polar surface area (TPSA) is 67.4 Å². The maximum atomic E-state index is 14.2. The van der Waals surface area contributed by atoms with E-state index in [2.05, 4.69) is 5.32 Å². The predicted molar refractivity (Wildman–Crippen MR) is 127 cm³/mol. The zero-order valence-electron chi connectivity index (χ0n) is 19.5. The minimum atomic E-state index is -5.70. The van der Waals surface area contributed by atoms with Crippen LogP contribution in [0, 0.1) is 23.3 Å². The van der Waals surface area contributed by atoms with Crippen molar-refractivity contribution in [3.63, 3.8) is 0 Å². The molecule has 0 saturated carbocycles. The average Bonchev–Trinajstić information content (AvgIpc) is 2.87. The van der Waals surface area contributed by atoms with Crippen LogP contribution >= 0.6 is 11.8 Å². The van der Waals surface area contributed by atoms with Crippen LogP contribution in [-0.2, 0) is 15.8 Å². The van der Waals surface area contributed by atoms with Gasteiger partial charge in [0.05, 0.1) is 5.25 Å². The molecule has 3 rings (SSSR count). The zero-order chi connectivity index (χ0) is 28.0. The Balaban J connectivity index is 1.70. The highest BCUT2D eigenvalue weighted by molar-refractivity contribution is 8.00. The molecule has 3 aromatic carbocycles. The van der Waals surface area contributed by atoms with E-state index < -0.39 is 57.8 Å². The van der Waals surface area contributed by atoms with Crippen molar-refractivity contribution in [1.82, 2.24) is 0 Å². The van der Waals surface area contributed by atoms with E-state index in [9.17, 15) is 40.3 Å². The van der Waals surface area contributed by atoms with Gasteiger partial charge in [0.15, 0.2) is 29.9 Å². The minimum absolute atomic E-state index is 0.0623. The molecule has 2 amide bonds. The number of hydrogen-bond acceptors (Lipinski definition) is 4. The predicted octanol–water partition coefficient (Wildman–Crippen LogP) is 6.79. The van der Waals surface area contributed by atoms with E-state index in [0.29, 0.717) is 16.3 Å². The van der Waals surface area contributed by atoms with Crippen LogP contribution in [0.25, 0.3) is 0 Å². The Morgan fingerprint density at radius 1 is 0.895 bits per heavy atom. The molecule has 0 aliphatic rings. The summed E-state index contributed by atoms with van der Waals surface area (Å²) in [5, 5.41) is 3.18. The molecule has 0 aromatic heterocycles.